The summed E-state index contributed by atoms with van der Waals surface area (Å²) in [6.45, 7) is 3.29. The monoisotopic (exact) mass is 491 g/mol. The zero-order chi connectivity index (χ0) is 24.7. The van der Waals surface area contributed by atoms with Crippen LogP contribution in [0.2, 0.25) is 0 Å². The maximum atomic E-state index is 13.6. The van der Waals surface area contributed by atoms with Gasteiger partial charge >= 0.3 is 0 Å². The molecule has 7 nitrogen and oxygen atoms in total. The van der Waals surface area contributed by atoms with Gasteiger partial charge in [0.15, 0.2) is 5.13 Å². The molecular formula is C26H26FN5O2S. The molecule has 1 unspecified atom stereocenters. The normalized spacial score (nSPS) is 16.1. The fourth-order valence-electron chi connectivity index (χ4n) is 4.35. The van der Waals surface area contributed by atoms with Crippen LogP contribution in [0.4, 0.5) is 9.52 Å². The second-order valence-electron chi connectivity index (χ2n) is 9.26. The Kier molecular flexibility index (Phi) is 6.00. The van der Waals surface area contributed by atoms with Crippen LogP contribution in [0.3, 0.4) is 0 Å². The quantitative estimate of drug-likeness (QED) is 0.301. The Morgan fingerprint density at radius 2 is 1.83 bits per heavy atom. The van der Waals surface area contributed by atoms with Crippen LogP contribution in [0.25, 0.3) is 27.5 Å². The van der Waals surface area contributed by atoms with Crippen LogP contribution in [-0.2, 0) is 0 Å². The minimum absolute atomic E-state index is 0.0299. The zero-order valence-electron chi connectivity index (χ0n) is 19.8. The topological polar surface area (TPSA) is 74.1 Å². The minimum Gasteiger partial charge on any atom is -0.633 e. The van der Waals surface area contributed by atoms with E-state index in [0.717, 1.165) is 34.1 Å². The summed E-state index contributed by atoms with van der Waals surface area (Å²) in [7, 11) is 3.34. The van der Waals surface area contributed by atoms with Crippen molar-refractivity contribution in [1.29, 1.82) is 0 Å². The van der Waals surface area contributed by atoms with Gasteiger partial charge < -0.3 is 14.8 Å². The van der Waals surface area contributed by atoms with Crippen LogP contribution in [-0.4, -0.2) is 52.6 Å². The predicted octanol–water partition coefficient (Wildman–Crippen LogP) is 4.62. The van der Waals surface area contributed by atoms with Crippen molar-refractivity contribution in [1.82, 2.24) is 14.8 Å². The lowest BCUT2D eigenvalue weighted by Gasteiger charge is -2.39. The molecule has 4 aromatic rings. The maximum Gasteiger partial charge on any atom is 0.271 e. The van der Waals surface area contributed by atoms with E-state index in [2.05, 4.69) is 4.90 Å². The van der Waals surface area contributed by atoms with Crippen molar-refractivity contribution in [3.8, 4) is 27.5 Å². The second-order valence-corrected chi connectivity index (χ2v) is 10.2. The van der Waals surface area contributed by atoms with Crippen LogP contribution in [0, 0.1) is 17.9 Å². The number of likely N-dealkylation sites (N-methyl/N-ethyl adjacent to an activating group) is 1. The van der Waals surface area contributed by atoms with E-state index in [4.69, 9.17) is 10.1 Å². The summed E-state index contributed by atoms with van der Waals surface area (Å²) in [6.07, 6.45) is 0.785. The number of aromatic nitrogens is 3. The molecule has 0 radical (unpaired) electrons. The Morgan fingerprint density at radius 3 is 2.51 bits per heavy atom. The van der Waals surface area contributed by atoms with Gasteiger partial charge in [0.2, 0.25) is 0 Å². The van der Waals surface area contributed by atoms with Gasteiger partial charge in [-0.25, -0.2) is 9.37 Å². The molecule has 1 aliphatic rings. The summed E-state index contributed by atoms with van der Waals surface area (Å²) in [5, 5.41) is 18.0. The summed E-state index contributed by atoms with van der Waals surface area (Å²) in [5.74, 6) is -0.324. The van der Waals surface area contributed by atoms with E-state index in [-0.39, 0.29) is 22.1 Å². The number of anilines is 1. The third-order valence-corrected chi connectivity index (χ3v) is 7.56. The van der Waals surface area contributed by atoms with Gasteiger partial charge in [0.25, 0.3) is 5.56 Å². The summed E-state index contributed by atoms with van der Waals surface area (Å²) >= 11 is 1.47. The van der Waals surface area contributed by atoms with Crippen LogP contribution in [0.5, 0.6) is 0 Å². The standard InChI is InChI=1S/C26H26FN5O2S/c1-17-6-4-5-7-22(17)31-23(33)13-12-21(29-31)25-24(18-8-10-19(27)11-9-18)28-26(35-25)30-15-14-20(16-30)32(2,3)34/h4-13,20H,14-16H2,1-3H3. The van der Waals surface area contributed by atoms with Crippen molar-refractivity contribution >= 4 is 16.5 Å². The predicted molar refractivity (Wildman–Crippen MR) is 137 cm³/mol. The third-order valence-electron chi connectivity index (χ3n) is 6.42. The minimum atomic E-state index is -0.345. The molecule has 5 rings (SSSR count). The maximum absolute atomic E-state index is 13.6. The molecule has 9 heteroatoms. The van der Waals surface area contributed by atoms with E-state index in [1.807, 2.05) is 31.2 Å². The van der Waals surface area contributed by atoms with Gasteiger partial charge in [0.05, 0.1) is 36.9 Å². The highest BCUT2D eigenvalue weighted by Crippen LogP contribution is 2.40. The number of rotatable bonds is 5. The van der Waals surface area contributed by atoms with Crippen molar-refractivity contribution in [2.75, 3.05) is 32.1 Å². The number of hydrogen-bond donors (Lipinski definition) is 0. The number of thiazole rings is 1. The number of aryl methyl sites for hydroxylation is 1. The third kappa shape index (κ3) is 4.62. The lowest BCUT2D eigenvalue weighted by atomic mass is 10.1. The van der Waals surface area contributed by atoms with Gasteiger partial charge in [0, 0.05) is 24.6 Å². The zero-order valence-corrected chi connectivity index (χ0v) is 20.6. The van der Waals surface area contributed by atoms with Gasteiger partial charge in [-0.2, -0.15) is 9.78 Å². The van der Waals surface area contributed by atoms with Gasteiger partial charge in [0.1, 0.15) is 17.6 Å². The smallest absolute Gasteiger partial charge is 0.271 e. The van der Waals surface area contributed by atoms with Gasteiger partial charge in [-0.05, 0) is 48.9 Å². The molecule has 0 saturated carbocycles. The first-order valence-electron chi connectivity index (χ1n) is 11.4. The number of para-hydroxylation sites is 1. The number of halogens is 1. The van der Waals surface area contributed by atoms with E-state index in [1.54, 1.807) is 32.3 Å². The summed E-state index contributed by atoms with van der Waals surface area (Å²) in [6, 6.07) is 17.0. The average Bonchev–Trinajstić information content (AvgIpc) is 3.48. The molecule has 0 bridgehead atoms. The van der Waals surface area contributed by atoms with E-state index < -0.39 is 0 Å². The Labute approximate surface area is 206 Å². The van der Waals surface area contributed by atoms with Crippen molar-refractivity contribution in [2.24, 2.45) is 0 Å². The molecule has 3 heterocycles. The molecule has 0 amide bonds. The first-order valence-corrected chi connectivity index (χ1v) is 12.3. The van der Waals surface area contributed by atoms with Crippen LogP contribution >= 0.6 is 11.3 Å². The number of benzene rings is 2. The number of hydroxylamine groups is 3. The fourth-order valence-corrected chi connectivity index (χ4v) is 5.44. The molecule has 1 fully saturated rings. The molecule has 2 aromatic carbocycles. The molecular weight excluding hydrogens is 465 g/mol. The molecule has 35 heavy (non-hydrogen) atoms. The largest absolute Gasteiger partial charge is 0.633 e. The Bertz CT molecular complexity index is 1420. The van der Waals surface area contributed by atoms with E-state index in [1.165, 1.54) is 34.2 Å². The van der Waals surface area contributed by atoms with E-state index in [0.29, 0.717) is 23.6 Å². The van der Waals surface area contributed by atoms with Crippen molar-refractivity contribution < 1.29 is 9.04 Å². The van der Waals surface area contributed by atoms with Crippen molar-refractivity contribution in [3.63, 3.8) is 0 Å². The number of quaternary nitrogens is 1. The summed E-state index contributed by atoms with van der Waals surface area (Å²) in [5.41, 5.74) is 3.46. The molecule has 1 atom stereocenters. The molecule has 1 saturated heterocycles. The Morgan fingerprint density at radius 1 is 1.09 bits per heavy atom. The van der Waals surface area contributed by atoms with Crippen molar-refractivity contribution in [3.05, 3.63) is 87.6 Å². The van der Waals surface area contributed by atoms with E-state index in [9.17, 15) is 14.4 Å². The number of hydrogen-bond acceptors (Lipinski definition) is 6. The highest BCUT2D eigenvalue weighted by atomic mass is 32.1. The molecule has 0 N–H and O–H groups in total. The van der Waals surface area contributed by atoms with Crippen LogP contribution in [0.1, 0.15) is 12.0 Å². The average molecular weight is 492 g/mol. The number of nitrogens with zero attached hydrogens (tertiary/aromatic N) is 5. The van der Waals surface area contributed by atoms with E-state index >= 15 is 0 Å². The summed E-state index contributed by atoms with van der Waals surface area (Å²) < 4.78 is 14.7. The second kappa shape index (κ2) is 8.99. The van der Waals surface area contributed by atoms with Gasteiger partial charge in [-0.3, -0.25) is 4.79 Å². The highest BCUT2D eigenvalue weighted by molar-refractivity contribution is 7.19. The summed E-state index contributed by atoms with van der Waals surface area (Å²) in [4.78, 5) is 20.5. The Hall–Kier alpha value is -3.40. The molecule has 2 aromatic heterocycles. The lowest BCUT2D eigenvalue weighted by molar-refractivity contribution is -0.863. The van der Waals surface area contributed by atoms with Crippen molar-refractivity contribution in [2.45, 2.75) is 19.4 Å². The van der Waals surface area contributed by atoms with Crippen LogP contribution in [0.15, 0.2) is 65.5 Å². The molecule has 0 aliphatic carbocycles. The first-order chi connectivity index (χ1) is 16.7. The molecule has 0 spiro atoms. The molecule has 1 aliphatic heterocycles. The molecule has 180 valence electrons. The lowest BCUT2D eigenvalue weighted by Crippen LogP contribution is -2.44. The first kappa shape index (κ1) is 23.3. The fraction of sp³-hybridized carbons (Fsp3) is 0.269. The highest BCUT2D eigenvalue weighted by Gasteiger charge is 2.32. The SMILES string of the molecule is Cc1ccccc1-n1nc(-c2sc(N3CCC([N+](C)(C)[O-])C3)nc2-c2ccc(F)cc2)ccc1=O. The Balaban J connectivity index is 1.62. The van der Waals surface area contributed by atoms with Gasteiger partial charge in [-0.15, -0.1) is 0 Å². The van der Waals surface area contributed by atoms with Crippen LogP contribution < -0.4 is 10.5 Å². The van der Waals surface area contributed by atoms with Gasteiger partial charge in [-0.1, -0.05) is 29.5 Å².